The fraction of sp³-hybridized carbons (Fsp3) is 0.951. The third-order valence-corrected chi connectivity index (χ3v) is 10.8. The summed E-state index contributed by atoms with van der Waals surface area (Å²) in [6, 6.07) is 0. The first-order valence-electron chi connectivity index (χ1n) is 20.9. The van der Waals surface area contributed by atoms with Crippen LogP contribution in [0.2, 0.25) is 0 Å². The Kier molecular flexibility index (Phi) is 34.8. The largest absolute Gasteiger partial charge is 0.397 e. The molecule has 0 aromatic rings. The van der Waals surface area contributed by atoms with Gasteiger partial charge >= 0.3 is 10.4 Å². The van der Waals surface area contributed by atoms with Crippen molar-refractivity contribution in [2.75, 3.05) is 7.11 Å². The molecule has 0 saturated heterocycles. The minimum Gasteiger partial charge on any atom is -0.375 e. The second-order valence-corrected chi connectivity index (χ2v) is 16.3. The van der Waals surface area contributed by atoms with Crippen LogP contribution in [-0.4, -0.2) is 42.5 Å². The standard InChI is InChI=1S/C40H79NO3.CH4O4S/c1-5-7-9-11-13-15-17-19-21-23-25-27-29-31-33-35-37(42)39(3,40(4,41)44)38(43)36-34-32-30-28-26-24-22-20-18-16-14-12-10-8-6-2;1-5-6(2,3)4/h44H,5-36,41H2,1-4H3;1H3,(H,2,3,4). The van der Waals surface area contributed by atoms with E-state index in [4.69, 9.17) is 10.3 Å². The molecule has 1 atom stereocenters. The number of aliphatic hydroxyl groups is 1. The molecule has 9 heteroatoms. The number of rotatable bonds is 36. The van der Waals surface area contributed by atoms with Crippen molar-refractivity contribution in [3.05, 3.63) is 0 Å². The van der Waals surface area contributed by atoms with Gasteiger partial charge < -0.3 is 10.8 Å². The smallest absolute Gasteiger partial charge is 0.375 e. The molecule has 0 rings (SSSR count). The summed E-state index contributed by atoms with van der Waals surface area (Å²) >= 11 is 0. The number of carbonyl (C=O) groups excluding carboxylic acids is 2. The zero-order valence-corrected chi connectivity index (χ0v) is 34.4. The molecular weight excluding hydrogens is 651 g/mol. The van der Waals surface area contributed by atoms with Crippen LogP contribution in [-0.2, 0) is 24.2 Å². The predicted octanol–water partition coefficient (Wildman–Crippen LogP) is 11.8. The van der Waals surface area contributed by atoms with Gasteiger partial charge in [-0.1, -0.05) is 194 Å². The lowest BCUT2D eigenvalue weighted by Crippen LogP contribution is -2.60. The van der Waals surface area contributed by atoms with Gasteiger partial charge in [0.05, 0.1) is 7.11 Å². The summed E-state index contributed by atoms with van der Waals surface area (Å²) in [4.78, 5) is 26.4. The van der Waals surface area contributed by atoms with Gasteiger partial charge in [-0.3, -0.25) is 18.3 Å². The van der Waals surface area contributed by atoms with Crippen LogP contribution in [0.4, 0.5) is 0 Å². The highest BCUT2D eigenvalue weighted by molar-refractivity contribution is 7.80. The number of unbranched alkanes of at least 4 members (excludes halogenated alkanes) is 28. The van der Waals surface area contributed by atoms with E-state index < -0.39 is 21.5 Å². The van der Waals surface area contributed by atoms with Gasteiger partial charge in [-0.2, -0.15) is 8.42 Å². The van der Waals surface area contributed by atoms with Gasteiger partial charge in [-0.15, -0.1) is 0 Å². The summed E-state index contributed by atoms with van der Waals surface area (Å²) in [7, 11) is -3.29. The Hall–Kier alpha value is -0.870. The summed E-state index contributed by atoms with van der Waals surface area (Å²) in [6.07, 6.45) is 38.9. The summed E-state index contributed by atoms with van der Waals surface area (Å²) in [6.45, 7) is 7.54. The molecule has 8 nitrogen and oxygen atoms in total. The first-order chi connectivity index (χ1) is 23.8. The molecule has 0 aliphatic rings. The van der Waals surface area contributed by atoms with Crippen LogP contribution in [0.1, 0.15) is 233 Å². The Morgan fingerprint density at radius 1 is 0.500 bits per heavy atom. The van der Waals surface area contributed by atoms with E-state index >= 15 is 0 Å². The van der Waals surface area contributed by atoms with Crippen molar-refractivity contribution in [3.63, 3.8) is 0 Å². The number of nitrogens with two attached hydrogens (primary N) is 1. The van der Waals surface area contributed by atoms with E-state index in [2.05, 4.69) is 18.0 Å². The molecule has 0 bridgehead atoms. The lowest BCUT2D eigenvalue weighted by atomic mass is 9.70. The highest BCUT2D eigenvalue weighted by atomic mass is 32.3. The zero-order chi connectivity index (χ0) is 38.0. The molecule has 0 radical (unpaired) electrons. The number of carbonyl (C=O) groups is 2. The second kappa shape index (κ2) is 33.9. The Morgan fingerprint density at radius 2 is 0.680 bits per heavy atom. The molecule has 4 N–H and O–H groups in total. The Morgan fingerprint density at radius 3 is 0.840 bits per heavy atom. The van der Waals surface area contributed by atoms with Crippen molar-refractivity contribution in [1.82, 2.24) is 0 Å². The van der Waals surface area contributed by atoms with E-state index in [0.29, 0.717) is 12.8 Å². The van der Waals surface area contributed by atoms with Crippen molar-refractivity contribution < 1.29 is 31.8 Å². The first-order valence-corrected chi connectivity index (χ1v) is 22.2. The molecule has 0 heterocycles. The molecule has 0 aromatic heterocycles. The molecule has 1 unspecified atom stereocenters. The molecule has 0 fully saturated rings. The summed E-state index contributed by atoms with van der Waals surface area (Å²) in [5, 5.41) is 10.7. The Bertz CT molecular complexity index is 840. The van der Waals surface area contributed by atoms with Crippen LogP contribution in [0.25, 0.3) is 0 Å². The van der Waals surface area contributed by atoms with Crippen LogP contribution < -0.4 is 5.73 Å². The van der Waals surface area contributed by atoms with Gasteiger partial charge in [0.15, 0.2) is 0 Å². The van der Waals surface area contributed by atoms with Crippen molar-refractivity contribution >= 4 is 22.0 Å². The van der Waals surface area contributed by atoms with Crippen molar-refractivity contribution in [1.29, 1.82) is 0 Å². The highest BCUT2D eigenvalue weighted by Crippen LogP contribution is 2.34. The Balaban J connectivity index is 0. The number of hydrogen-bond acceptors (Lipinski definition) is 7. The third kappa shape index (κ3) is 30.7. The summed E-state index contributed by atoms with van der Waals surface area (Å²) in [5.41, 5.74) is 2.70. The molecule has 0 aliphatic heterocycles. The minimum absolute atomic E-state index is 0.189. The maximum Gasteiger partial charge on any atom is 0.397 e. The maximum absolute atomic E-state index is 13.2. The average molecular weight is 734 g/mol. The van der Waals surface area contributed by atoms with Crippen LogP contribution in [0.3, 0.4) is 0 Å². The number of ketones is 2. The number of hydrogen-bond donors (Lipinski definition) is 3. The van der Waals surface area contributed by atoms with Gasteiger partial charge in [0.1, 0.15) is 22.7 Å². The van der Waals surface area contributed by atoms with E-state index in [9.17, 15) is 23.1 Å². The fourth-order valence-corrected chi connectivity index (χ4v) is 6.53. The van der Waals surface area contributed by atoms with Crippen LogP contribution in [0, 0.1) is 5.41 Å². The van der Waals surface area contributed by atoms with E-state index in [1.807, 2.05) is 0 Å². The molecule has 0 spiro atoms. The van der Waals surface area contributed by atoms with Crippen molar-refractivity contribution in [2.45, 2.75) is 239 Å². The fourth-order valence-electron chi connectivity index (χ4n) is 6.53. The van der Waals surface area contributed by atoms with E-state index in [1.54, 1.807) is 6.92 Å². The molecule has 50 heavy (non-hydrogen) atoms. The lowest BCUT2D eigenvalue weighted by Gasteiger charge is -2.37. The number of Topliss-reactive ketones (excluding diaryl/α,β-unsaturated/α-hetero) is 2. The third-order valence-electron chi connectivity index (χ3n) is 10.4. The molecule has 0 saturated carbocycles. The van der Waals surface area contributed by atoms with Gasteiger partial charge in [0.2, 0.25) is 0 Å². The highest BCUT2D eigenvalue weighted by Gasteiger charge is 2.51. The zero-order valence-electron chi connectivity index (χ0n) is 33.5. The molecule has 0 aliphatic carbocycles. The van der Waals surface area contributed by atoms with E-state index in [0.717, 1.165) is 45.6 Å². The Labute approximate surface area is 310 Å². The predicted molar refractivity (Wildman–Crippen MR) is 211 cm³/mol. The summed E-state index contributed by atoms with van der Waals surface area (Å²) < 4.78 is 29.7. The van der Waals surface area contributed by atoms with Gasteiger partial charge in [0.25, 0.3) is 0 Å². The summed E-state index contributed by atoms with van der Waals surface area (Å²) in [5.74, 6) is -0.378. The SMILES string of the molecule is CCCCCCCCCCCCCCCCCC(=O)C(C)(C(=O)CCCCCCCCCCCCCCCCC)C(C)(N)O.COS(=O)(=O)O. The van der Waals surface area contributed by atoms with E-state index in [-0.39, 0.29) is 11.6 Å². The molecular formula is C41H83NO7S. The monoisotopic (exact) mass is 734 g/mol. The average Bonchev–Trinajstić information content (AvgIpc) is 3.07. The molecule has 0 aromatic carbocycles. The normalized spacial score (nSPS) is 13.1. The molecule has 300 valence electrons. The molecule has 0 amide bonds. The van der Waals surface area contributed by atoms with Gasteiger partial charge in [-0.05, 0) is 26.7 Å². The quantitative estimate of drug-likeness (QED) is 0.0250. The maximum atomic E-state index is 13.2. The van der Waals surface area contributed by atoms with Crippen LogP contribution >= 0.6 is 0 Å². The first kappa shape index (κ1) is 51.2. The van der Waals surface area contributed by atoms with E-state index in [1.165, 1.54) is 161 Å². The van der Waals surface area contributed by atoms with Crippen LogP contribution in [0.15, 0.2) is 0 Å². The lowest BCUT2D eigenvalue weighted by molar-refractivity contribution is -0.156. The topological polar surface area (TPSA) is 144 Å². The van der Waals surface area contributed by atoms with Crippen LogP contribution in [0.5, 0.6) is 0 Å². The minimum atomic E-state index is -4.16. The second-order valence-electron chi connectivity index (χ2n) is 15.1. The van der Waals surface area contributed by atoms with Gasteiger partial charge in [0, 0.05) is 12.8 Å². The van der Waals surface area contributed by atoms with Crippen molar-refractivity contribution in [3.8, 4) is 0 Å². The van der Waals surface area contributed by atoms with Crippen molar-refractivity contribution in [2.24, 2.45) is 11.1 Å². The van der Waals surface area contributed by atoms with Gasteiger partial charge in [-0.25, -0.2) is 0 Å².